The van der Waals surface area contributed by atoms with Crippen molar-refractivity contribution in [2.24, 2.45) is 5.92 Å². The van der Waals surface area contributed by atoms with E-state index in [2.05, 4.69) is 10.6 Å². The van der Waals surface area contributed by atoms with Gasteiger partial charge < -0.3 is 20.3 Å². The zero-order chi connectivity index (χ0) is 22.7. The minimum atomic E-state index is -4.52. The Bertz CT molecular complexity index is 1000. The number of nitrogens with one attached hydrogen (secondary N) is 2. The van der Waals surface area contributed by atoms with Crippen LogP contribution in [0.25, 0.3) is 0 Å². The summed E-state index contributed by atoms with van der Waals surface area (Å²) < 4.78 is 45.0. The number of alkyl halides is 3. The van der Waals surface area contributed by atoms with E-state index in [9.17, 15) is 22.8 Å². The Hall–Kier alpha value is -3.07. The lowest BCUT2D eigenvalue weighted by atomic mass is 9.89. The minimum absolute atomic E-state index is 0.0268. The van der Waals surface area contributed by atoms with Gasteiger partial charge in [0.2, 0.25) is 11.8 Å². The number of amides is 2. The second-order valence-corrected chi connectivity index (χ2v) is 7.96. The first kappa shape index (κ1) is 22.1. The molecule has 1 saturated heterocycles. The summed E-state index contributed by atoms with van der Waals surface area (Å²) in [6, 6.07) is 10.9. The maximum atomic E-state index is 13.2. The molecule has 2 aromatic rings. The van der Waals surface area contributed by atoms with E-state index in [0.29, 0.717) is 44.8 Å². The fourth-order valence-corrected chi connectivity index (χ4v) is 4.06. The number of fused-ring (bicyclic) bond motifs is 1. The molecule has 2 N–H and O–H groups in total. The highest BCUT2D eigenvalue weighted by Crippen LogP contribution is 2.36. The molecule has 2 amide bonds. The van der Waals surface area contributed by atoms with E-state index in [0.717, 1.165) is 23.4 Å². The van der Waals surface area contributed by atoms with Crippen molar-refractivity contribution in [1.82, 2.24) is 0 Å². The first-order valence-corrected chi connectivity index (χ1v) is 10.5. The van der Waals surface area contributed by atoms with Crippen molar-refractivity contribution in [2.75, 3.05) is 41.8 Å². The molecule has 0 bridgehead atoms. The normalized spacial score (nSPS) is 18.7. The summed E-state index contributed by atoms with van der Waals surface area (Å²) in [5, 5.41) is 5.49. The van der Waals surface area contributed by atoms with Crippen molar-refractivity contribution in [3.05, 3.63) is 53.6 Å². The van der Waals surface area contributed by atoms with Crippen molar-refractivity contribution in [3.8, 4) is 0 Å². The number of hydrogen-bond acceptors (Lipinski definition) is 4. The van der Waals surface area contributed by atoms with Crippen LogP contribution in [0.1, 0.15) is 24.0 Å². The van der Waals surface area contributed by atoms with Crippen molar-refractivity contribution < 1.29 is 27.5 Å². The summed E-state index contributed by atoms with van der Waals surface area (Å²) in [6.07, 6.45) is -3.66. The monoisotopic (exact) mass is 447 g/mol. The highest BCUT2D eigenvalue weighted by atomic mass is 19.4. The number of anilines is 3. The highest BCUT2D eigenvalue weighted by molar-refractivity contribution is 5.97. The summed E-state index contributed by atoms with van der Waals surface area (Å²) in [7, 11) is 0. The van der Waals surface area contributed by atoms with Gasteiger partial charge in [-0.3, -0.25) is 9.59 Å². The average molecular weight is 447 g/mol. The van der Waals surface area contributed by atoms with Crippen LogP contribution in [-0.2, 0) is 26.9 Å². The summed E-state index contributed by atoms with van der Waals surface area (Å²) in [5.74, 6) is -0.939. The molecule has 0 unspecified atom stereocenters. The Labute approximate surface area is 183 Å². The molecule has 170 valence electrons. The van der Waals surface area contributed by atoms with Crippen LogP contribution < -0.4 is 15.5 Å². The molecule has 1 fully saturated rings. The van der Waals surface area contributed by atoms with E-state index < -0.39 is 17.6 Å². The predicted octanol–water partition coefficient (Wildman–Crippen LogP) is 4.07. The van der Waals surface area contributed by atoms with Crippen molar-refractivity contribution in [3.63, 3.8) is 0 Å². The van der Waals surface area contributed by atoms with E-state index in [1.807, 2.05) is 29.2 Å². The number of halogens is 3. The maximum absolute atomic E-state index is 13.2. The topological polar surface area (TPSA) is 70.7 Å². The lowest BCUT2D eigenvalue weighted by Gasteiger charge is -2.31. The van der Waals surface area contributed by atoms with Gasteiger partial charge in [-0.2, -0.15) is 13.2 Å². The number of morpholine rings is 1. The third-order valence-corrected chi connectivity index (χ3v) is 5.78. The standard InChI is InChI=1S/C23H24F3N3O3/c24-23(25,26)17-6-7-20(29-9-11-32-12-10-29)19(14-17)27-21(30)8-5-16-13-15-3-1-2-4-18(15)28-22(16)31/h1-4,6-7,14,16H,5,8-13H2,(H,27,30)(H,28,31)/t16-/m0/s1. The molecule has 0 aliphatic carbocycles. The summed E-state index contributed by atoms with van der Waals surface area (Å²) in [5.41, 5.74) is 1.60. The van der Waals surface area contributed by atoms with Gasteiger partial charge in [0.1, 0.15) is 0 Å². The van der Waals surface area contributed by atoms with Gasteiger partial charge in [0.15, 0.2) is 0 Å². The zero-order valence-corrected chi connectivity index (χ0v) is 17.4. The van der Waals surface area contributed by atoms with Gasteiger partial charge in [0.25, 0.3) is 0 Å². The predicted molar refractivity (Wildman–Crippen MR) is 115 cm³/mol. The van der Waals surface area contributed by atoms with E-state index in [-0.39, 0.29) is 23.9 Å². The second-order valence-electron chi connectivity index (χ2n) is 7.96. The Morgan fingerprint density at radius 3 is 2.66 bits per heavy atom. The van der Waals surface area contributed by atoms with E-state index in [1.54, 1.807) is 0 Å². The molecule has 6 nitrogen and oxygen atoms in total. The number of carbonyl (C=O) groups is 2. The van der Waals surface area contributed by atoms with Crippen molar-refractivity contribution in [1.29, 1.82) is 0 Å². The summed E-state index contributed by atoms with van der Waals surface area (Å²) in [6.45, 7) is 1.98. The summed E-state index contributed by atoms with van der Waals surface area (Å²) >= 11 is 0. The first-order chi connectivity index (χ1) is 15.3. The third kappa shape index (κ3) is 5.04. The smallest absolute Gasteiger partial charge is 0.378 e. The zero-order valence-electron chi connectivity index (χ0n) is 17.4. The number of ether oxygens (including phenoxy) is 1. The molecule has 2 aliphatic heterocycles. The van der Waals surface area contributed by atoms with Gasteiger partial charge in [-0.1, -0.05) is 18.2 Å². The van der Waals surface area contributed by atoms with E-state index in [1.165, 1.54) is 6.07 Å². The SMILES string of the molecule is O=C(CC[C@H]1Cc2ccccc2NC1=O)Nc1cc(C(F)(F)F)ccc1N1CCOCC1. The fourth-order valence-electron chi connectivity index (χ4n) is 4.06. The average Bonchev–Trinajstić information content (AvgIpc) is 2.77. The number of hydrogen-bond donors (Lipinski definition) is 2. The highest BCUT2D eigenvalue weighted by Gasteiger charge is 2.32. The van der Waals surface area contributed by atoms with Crippen LogP contribution in [0, 0.1) is 5.92 Å². The quantitative estimate of drug-likeness (QED) is 0.725. The molecule has 4 rings (SSSR count). The van der Waals surface area contributed by atoms with Crippen LogP contribution in [0.3, 0.4) is 0 Å². The Balaban J connectivity index is 1.45. The van der Waals surface area contributed by atoms with Crippen LogP contribution in [0.4, 0.5) is 30.2 Å². The number of nitrogens with zero attached hydrogens (tertiary/aromatic N) is 1. The molecule has 32 heavy (non-hydrogen) atoms. The summed E-state index contributed by atoms with van der Waals surface area (Å²) in [4.78, 5) is 26.9. The molecule has 2 heterocycles. The number of carbonyl (C=O) groups excluding carboxylic acids is 2. The maximum Gasteiger partial charge on any atom is 0.416 e. The molecule has 2 aromatic carbocycles. The molecule has 0 radical (unpaired) electrons. The van der Waals surface area contributed by atoms with Crippen LogP contribution in [-0.4, -0.2) is 38.1 Å². The number of rotatable bonds is 5. The second kappa shape index (κ2) is 9.20. The van der Waals surface area contributed by atoms with Gasteiger partial charge in [0, 0.05) is 31.1 Å². The van der Waals surface area contributed by atoms with Crippen LogP contribution in [0.15, 0.2) is 42.5 Å². The molecule has 0 aromatic heterocycles. The van der Waals surface area contributed by atoms with Crippen LogP contribution in [0.2, 0.25) is 0 Å². The molecule has 1 atom stereocenters. The molecule has 0 saturated carbocycles. The van der Waals surface area contributed by atoms with E-state index in [4.69, 9.17) is 4.74 Å². The van der Waals surface area contributed by atoms with Crippen molar-refractivity contribution in [2.45, 2.75) is 25.4 Å². The Kier molecular flexibility index (Phi) is 6.36. The molecular weight excluding hydrogens is 423 g/mol. The van der Waals surface area contributed by atoms with Gasteiger partial charge >= 0.3 is 6.18 Å². The van der Waals surface area contributed by atoms with Gasteiger partial charge in [-0.15, -0.1) is 0 Å². The van der Waals surface area contributed by atoms with Gasteiger partial charge in [-0.25, -0.2) is 0 Å². The number of para-hydroxylation sites is 1. The van der Waals surface area contributed by atoms with Crippen molar-refractivity contribution >= 4 is 28.9 Å². The molecule has 2 aliphatic rings. The van der Waals surface area contributed by atoms with Crippen LogP contribution in [0.5, 0.6) is 0 Å². The largest absolute Gasteiger partial charge is 0.416 e. The van der Waals surface area contributed by atoms with E-state index >= 15 is 0 Å². The van der Waals surface area contributed by atoms with Gasteiger partial charge in [0.05, 0.1) is 30.2 Å². The Morgan fingerprint density at radius 1 is 1.16 bits per heavy atom. The molecule has 0 spiro atoms. The first-order valence-electron chi connectivity index (χ1n) is 10.5. The lowest BCUT2D eigenvalue weighted by Crippen LogP contribution is -2.37. The third-order valence-electron chi connectivity index (χ3n) is 5.78. The van der Waals surface area contributed by atoms with Gasteiger partial charge in [-0.05, 0) is 42.7 Å². The Morgan fingerprint density at radius 2 is 1.91 bits per heavy atom. The number of benzene rings is 2. The molecule has 9 heteroatoms. The molecular formula is C23H24F3N3O3. The van der Waals surface area contributed by atoms with Crippen LogP contribution >= 0.6 is 0 Å². The fraction of sp³-hybridized carbons (Fsp3) is 0.391. The minimum Gasteiger partial charge on any atom is -0.378 e. The lowest BCUT2D eigenvalue weighted by molar-refractivity contribution is -0.137.